The molecule has 1 unspecified atom stereocenters. The molecule has 6 nitrogen and oxygen atoms in total. The SMILES string of the molecule is O=[S@@]1CCCCc2nc(N3CCCC(c4ccc(Cl)cc4)CC3)nc(NC3(CO)CCC3)c21. The number of anilines is 2. The van der Waals surface area contributed by atoms with Crippen molar-refractivity contribution in [2.24, 2.45) is 0 Å². The Balaban J connectivity index is 1.43. The zero-order valence-electron chi connectivity index (χ0n) is 19.1. The second kappa shape index (κ2) is 9.88. The van der Waals surface area contributed by atoms with Gasteiger partial charge in [-0.2, -0.15) is 4.98 Å². The van der Waals surface area contributed by atoms with E-state index >= 15 is 0 Å². The molecule has 0 spiro atoms. The summed E-state index contributed by atoms with van der Waals surface area (Å²) in [5.41, 5.74) is 1.93. The molecular formula is C25H33ClN4O2S. The molecule has 1 aromatic carbocycles. The molecule has 2 atom stereocenters. The number of aromatic nitrogens is 2. The minimum atomic E-state index is -1.11. The summed E-state index contributed by atoms with van der Waals surface area (Å²) in [7, 11) is -1.11. The van der Waals surface area contributed by atoms with Crippen LogP contribution in [0.25, 0.3) is 0 Å². The van der Waals surface area contributed by atoms with Gasteiger partial charge in [-0.25, -0.2) is 4.98 Å². The highest BCUT2D eigenvalue weighted by Crippen LogP contribution is 2.38. The van der Waals surface area contributed by atoms with Crippen molar-refractivity contribution in [1.29, 1.82) is 0 Å². The minimum absolute atomic E-state index is 0.0697. The number of hydrogen-bond donors (Lipinski definition) is 2. The smallest absolute Gasteiger partial charge is 0.227 e. The Labute approximate surface area is 203 Å². The molecule has 2 aliphatic heterocycles. The highest BCUT2D eigenvalue weighted by atomic mass is 35.5. The number of halogens is 1. The number of nitrogens with one attached hydrogen (secondary N) is 1. The van der Waals surface area contributed by atoms with Crippen molar-refractivity contribution in [2.75, 3.05) is 35.7 Å². The topological polar surface area (TPSA) is 78.4 Å². The van der Waals surface area contributed by atoms with Gasteiger partial charge < -0.3 is 15.3 Å². The lowest BCUT2D eigenvalue weighted by atomic mass is 9.77. The molecule has 2 N–H and O–H groups in total. The van der Waals surface area contributed by atoms with Gasteiger partial charge in [0.1, 0.15) is 10.7 Å². The molecule has 0 bridgehead atoms. The summed E-state index contributed by atoms with van der Waals surface area (Å²) < 4.78 is 13.1. The normalized spacial score (nSPS) is 24.8. The molecule has 0 radical (unpaired) electrons. The van der Waals surface area contributed by atoms with Crippen LogP contribution in [0, 0.1) is 0 Å². The standard InChI is InChI=1S/C25H33ClN4O2S/c26-20-9-7-19(8-10-20)18-5-3-14-30(15-11-18)24-27-21-6-1-2-16-33(32)22(21)23(28-24)29-25(17-31)12-4-13-25/h7-10,18,31H,1-6,11-17H2,(H,27,28,29)/t18?,33-/m1/s1. The quantitative estimate of drug-likeness (QED) is 0.636. The van der Waals surface area contributed by atoms with Crippen LogP contribution in [0.15, 0.2) is 29.2 Å². The molecule has 3 aliphatic rings. The van der Waals surface area contributed by atoms with Crippen molar-refractivity contribution in [3.63, 3.8) is 0 Å². The van der Waals surface area contributed by atoms with Crippen LogP contribution >= 0.6 is 11.6 Å². The second-order valence-electron chi connectivity index (χ2n) is 9.74. The molecule has 178 valence electrons. The summed E-state index contributed by atoms with van der Waals surface area (Å²) in [6.45, 7) is 1.87. The maximum absolute atomic E-state index is 13.1. The van der Waals surface area contributed by atoms with Gasteiger partial charge in [0, 0.05) is 23.9 Å². The number of nitrogens with zero attached hydrogens (tertiary/aromatic N) is 3. The first-order valence-electron chi connectivity index (χ1n) is 12.3. The van der Waals surface area contributed by atoms with E-state index in [1.165, 1.54) is 5.56 Å². The van der Waals surface area contributed by atoms with Crippen LogP contribution in [0.1, 0.15) is 68.5 Å². The fourth-order valence-corrected chi connectivity index (χ4v) is 6.81. The van der Waals surface area contributed by atoms with E-state index in [4.69, 9.17) is 21.6 Å². The zero-order valence-corrected chi connectivity index (χ0v) is 20.6. The first-order valence-corrected chi connectivity index (χ1v) is 14.0. The molecule has 1 saturated heterocycles. The van der Waals surface area contributed by atoms with Gasteiger partial charge >= 0.3 is 0 Å². The Morgan fingerprint density at radius 1 is 1.09 bits per heavy atom. The Kier molecular flexibility index (Phi) is 6.91. The maximum atomic E-state index is 13.1. The fourth-order valence-electron chi connectivity index (χ4n) is 5.29. The van der Waals surface area contributed by atoms with Gasteiger partial charge in [-0.1, -0.05) is 23.7 Å². The Hall–Kier alpha value is -1.70. The third-order valence-corrected chi connectivity index (χ3v) is 9.29. The van der Waals surface area contributed by atoms with Crippen LogP contribution in [-0.2, 0) is 17.2 Å². The third kappa shape index (κ3) is 4.91. The van der Waals surface area contributed by atoms with Crippen molar-refractivity contribution < 1.29 is 9.32 Å². The predicted molar refractivity (Wildman–Crippen MR) is 134 cm³/mol. The summed E-state index contributed by atoms with van der Waals surface area (Å²) in [6, 6.07) is 8.24. The van der Waals surface area contributed by atoms with Crippen LogP contribution in [0.5, 0.6) is 0 Å². The Bertz CT molecular complexity index is 1010. The van der Waals surface area contributed by atoms with E-state index in [0.29, 0.717) is 17.5 Å². The molecule has 33 heavy (non-hydrogen) atoms. The second-order valence-corrected chi connectivity index (χ2v) is 11.7. The first kappa shape index (κ1) is 23.1. The fraction of sp³-hybridized carbons (Fsp3) is 0.600. The van der Waals surface area contributed by atoms with Gasteiger partial charge in [-0.3, -0.25) is 4.21 Å². The third-order valence-electron chi connectivity index (χ3n) is 7.49. The van der Waals surface area contributed by atoms with Gasteiger partial charge in [0.25, 0.3) is 0 Å². The number of rotatable bonds is 5. The Morgan fingerprint density at radius 3 is 2.64 bits per heavy atom. The van der Waals surface area contributed by atoms with E-state index in [-0.39, 0.29) is 12.1 Å². The largest absolute Gasteiger partial charge is 0.394 e. The van der Waals surface area contributed by atoms with E-state index in [9.17, 15) is 9.32 Å². The van der Waals surface area contributed by atoms with Gasteiger partial charge in [-0.15, -0.1) is 0 Å². The number of fused-ring (bicyclic) bond motifs is 1. The number of aliphatic hydroxyl groups is 1. The lowest BCUT2D eigenvalue weighted by molar-refractivity contribution is 0.143. The average molecular weight is 489 g/mol. The van der Waals surface area contributed by atoms with Crippen LogP contribution in [0.3, 0.4) is 0 Å². The number of aliphatic hydroxyl groups excluding tert-OH is 1. The molecule has 1 aliphatic carbocycles. The number of aryl methyl sites for hydroxylation is 1. The van der Waals surface area contributed by atoms with Crippen molar-refractivity contribution in [3.8, 4) is 0 Å². The van der Waals surface area contributed by atoms with Crippen molar-refractivity contribution in [1.82, 2.24) is 9.97 Å². The zero-order chi connectivity index (χ0) is 22.8. The monoisotopic (exact) mass is 488 g/mol. The highest BCUT2D eigenvalue weighted by Gasteiger charge is 2.38. The molecular weight excluding hydrogens is 456 g/mol. The van der Waals surface area contributed by atoms with Gasteiger partial charge in [0.05, 0.1) is 28.6 Å². The molecule has 2 fully saturated rings. The first-order chi connectivity index (χ1) is 16.1. The lowest BCUT2D eigenvalue weighted by Crippen LogP contribution is -2.49. The molecule has 5 rings (SSSR count). The van der Waals surface area contributed by atoms with E-state index in [0.717, 1.165) is 92.4 Å². The maximum Gasteiger partial charge on any atom is 0.227 e. The average Bonchev–Trinajstić information content (AvgIpc) is 3.15. The lowest BCUT2D eigenvalue weighted by Gasteiger charge is -2.42. The molecule has 0 amide bonds. The van der Waals surface area contributed by atoms with Crippen LogP contribution in [-0.4, -0.2) is 50.3 Å². The van der Waals surface area contributed by atoms with Crippen LogP contribution < -0.4 is 10.2 Å². The minimum Gasteiger partial charge on any atom is -0.394 e. The summed E-state index contributed by atoms with van der Waals surface area (Å²) >= 11 is 6.08. The predicted octanol–water partition coefficient (Wildman–Crippen LogP) is 4.67. The molecule has 3 heterocycles. The highest BCUT2D eigenvalue weighted by molar-refractivity contribution is 7.85. The Morgan fingerprint density at radius 2 is 1.91 bits per heavy atom. The van der Waals surface area contributed by atoms with Gasteiger partial charge in [-0.05, 0) is 81.4 Å². The summed E-state index contributed by atoms with van der Waals surface area (Å²) in [5, 5.41) is 14.3. The summed E-state index contributed by atoms with van der Waals surface area (Å²) in [6.07, 6.45) is 8.93. The van der Waals surface area contributed by atoms with Gasteiger partial charge in [0.15, 0.2) is 0 Å². The molecule has 1 saturated carbocycles. The van der Waals surface area contributed by atoms with E-state index in [1.807, 2.05) is 12.1 Å². The number of benzene rings is 1. The number of hydrogen-bond acceptors (Lipinski definition) is 6. The van der Waals surface area contributed by atoms with Crippen LogP contribution in [0.2, 0.25) is 5.02 Å². The van der Waals surface area contributed by atoms with Crippen LogP contribution in [0.4, 0.5) is 11.8 Å². The van der Waals surface area contributed by atoms with E-state index in [2.05, 4.69) is 22.3 Å². The van der Waals surface area contributed by atoms with Crippen molar-refractivity contribution in [2.45, 2.75) is 74.1 Å². The summed E-state index contributed by atoms with van der Waals surface area (Å²) in [4.78, 5) is 13.0. The van der Waals surface area contributed by atoms with Crippen molar-refractivity contribution >= 4 is 34.2 Å². The van der Waals surface area contributed by atoms with E-state index in [1.54, 1.807) is 0 Å². The molecule has 2 aromatic rings. The molecule has 8 heteroatoms. The van der Waals surface area contributed by atoms with E-state index < -0.39 is 10.8 Å². The van der Waals surface area contributed by atoms with Crippen molar-refractivity contribution in [3.05, 3.63) is 40.5 Å². The molecule has 1 aromatic heterocycles. The summed E-state index contributed by atoms with van der Waals surface area (Å²) in [5.74, 6) is 2.58. The van der Waals surface area contributed by atoms with Gasteiger partial charge in [0.2, 0.25) is 5.95 Å².